The highest BCUT2D eigenvalue weighted by Crippen LogP contribution is 2.39. The number of nitrogens with zero attached hydrogens (tertiary/aromatic N) is 6. The van der Waals surface area contributed by atoms with Gasteiger partial charge in [0.1, 0.15) is 35.7 Å². The molecular formula is C31H29F3N8O4. The van der Waals surface area contributed by atoms with Crippen LogP contribution in [-0.2, 0) is 4.79 Å². The smallest absolute Gasteiger partial charge is 0.387 e. The molecule has 1 amide bonds. The first-order valence-electron chi connectivity index (χ1n) is 14.2. The molecule has 46 heavy (non-hydrogen) atoms. The molecule has 15 heteroatoms. The summed E-state index contributed by atoms with van der Waals surface area (Å²) < 4.78 is 59.5. The monoisotopic (exact) mass is 634 g/mol. The normalized spacial score (nSPS) is 15.5. The van der Waals surface area contributed by atoms with Gasteiger partial charge in [0.25, 0.3) is 5.91 Å². The molecule has 4 heterocycles. The number of aryl methyl sites for hydroxylation is 1. The van der Waals surface area contributed by atoms with Crippen molar-refractivity contribution in [1.82, 2.24) is 29.5 Å². The quantitative estimate of drug-likeness (QED) is 0.176. The molecule has 1 unspecified atom stereocenters. The van der Waals surface area contributed by atoms with Crippen LogP contribution in [-0.4, -0.2) is 68.7 Å². The van der Waals surface area contributed by atoms with Gasteiger partial charge in [-0.3, -0.25) is 9.69 Å². The lowest BCUT2D eigenvalue weighted by Gasteiger charge is -2.17. The Kier molecular flexibility index (Phi) is 8.57. The molecule has 2 aromatic carbocycles. The molecule has 1 atom stereocenters. The van der Waals surface area contributed by atoms with Crippen molar-refractivity contribution in [2.75, 3.05) is 31.3 Å². The summed E-state index contributed by atoms with van der Waals surface area (Å²) >= 11 is 0. The van der Waals surface area contributed by atoms with E-state index in [1.54, 1.807) is 35.0 Å². The van der Waals surface area contributed by atoms with Gasteiger partial charge >= 0.3 is 6.61 Å². The fourth-order valence-corrected chi connectivity index (χ4v) is 5.21. The van der Waals surface area contributed by atoms with E-state index in [1.165, 1.54) is 38.0 Å². The van der Waals surface area contributed by atoms with Crippen LogP contribution < -0.4 is 24.8 Å². The third kappa shape index (κ3) is 6.49. The van der Waals surface area contributed by atoms with E-state index < -0.39 is 18.3 Å². The number of anilines is 3. The van der Waals surface area contributed by atoms with Crippen LogP contribution in [0, 0.1) is 6.92 Å². The molecule has 1 aliphatic rings. The average Bonchev–Trinajstić information content (AvgIpc) is 3.66. The predicted octanol–water partition coefficient (Wildman–Crippen LogP) is 6.01. The van der Waals surface area contributed by atoms with Gasteiger partial charge in [-0.2, -0.15) is 13.9 Å². The van der Waals surface area contributed by atoms with E-state index in [0.29, 0.717) is 40.4 Å². The Bertz CT molecular complexity index is 1950. The molecule has 0 aliphatic carbocycles. The van der Waals surface area contributed by atoms with Crippen molar-refractivity contribution in [2.45, 2.75) is 32.4 Å². The SMILES string of the molecule is COc1cc(Oc2ccn3ncnc3c2)c(C)cc1Nc1ncnc2cc(OC(F)F)c(NC(=O)C(F)=CC3CCCN3C)cc12. The minimum absolute atomic E-state index is 0.185. The Morgan fingerprint density at radius 1 is 1.07 bits per heavy atom. The molecule has 12 nitrogen and oxygen atoms in total. The summed E-state index contributed by atoms with van der Waals surface area (Å²) in [6.45, 7) is -0.574. The number of methoxy groups -OCH3 is 1. The minimum Gasteiger partial charge on any atom is -0.494 e. The van der Waals surface area contributed by atoms with Gasteiger partial charge in [-0.1, -0.05) is 0 Å². The number of rotatable bonds is 10. The molecular weight excluding hydrogens is 605 g/mol. The number of nitrogens with one attached hydrogen (secondary N) is 2. The molecule has 1 aliphatic heterocycles. The van der Waals surface area contributed by atoms with Crippen LogP contribution in [0.3, 0.4) is 0 Å². The fourth-order valence-electron chi connectivity index (χ4n) is 5.21. The summed E-state index contributed by atoms with van der Waals surface area (Å²) in [7, 11) is 3.33. The second kappa shape index (κ2) is 12.9. The largest absolute Gasteiger partial charge is 0.494 e. The van der Waals surface area contributed by atoms with Crippen LogP contribution in [0.15, 0.2) is 67.2 Å². The summed E-state index contributed by atoms with van der Waals surface area (Å²) in [5.41, 5.74) is 1.92. The third-order valence-electron chi connectivity index (χ3n) is 7.56. The van der Waals surface area contributed by atoms with Crippen molar-refractivity contribution in [3.05, 3.63) is 72.7 Å². The summed E-state index contributed by atoms with van der Waals surface area (Å²) in [5, 5.41) is 9.97. The van der Waals surface area contributed by atoms with Crippen molar-refractivity contribution < 1.29 is 32.2 Å². The zero-order valence-electron chi connectivity index (χ0n) is 25.0. The molecule has 1 fully saturated rings. The zero-order chi connectivity index (χ0) is 32.4. The maximum Gasteiger partial charge on any atom is 0.387 e. The first kappa shape index (κ1) is 30.6. The van der Waals surface area contributed by atoms with Gasteiger partial charge in [0, 0.05) is 35.8 Å². The third-order valence-corrected chi connectivity index (χ3v) is 7.56. The number of halogens is 3. The topological polar surface area (TPSA) is 128 Å². The molecule has 1 saturated heterocycles. The number of likely N-dealkylation sites (tertiary alicyclic amines) is 1. The summed E-state index contributed by atoms with van der Waals surface area (Å²) in [6, 6.07) is 9.32. The van der Waals surface area contributed by atoms with E-state index in [2.05, 4.69) is 35.4 Å². The van der Waals surface area contributed by atoms with Crippen molar-refractivity contribution in [3.63, 3.8) is 0 Å². The van der Waals surface area contributed by atoms with Gasteiger partial charge in [-0.15, -0.1) is 0 Å². The highest BCUT2D eigenvalue weighted by Gasteiger charge is 2.23. The first-order valence-corrected chi connectivity index (χ1v) is 14.2. The van der Waals surface area contributed by atoms with Gasteiger partial charge in [-0.05, 0) is 63.2 Å². The number of fused-ring (bicyclic) bond motifs is 2. The van der Waals surface area contributed by atoms with Gasteiger partial charge in [0.15, 0.2) is 17.2 Å². The number of carbonyl (C=O) groups excluding carboxylic acids is 1. The summed E-state index contributed by atoms with van der Waals surface area (Å²) in [5.74, 6) is -0.773. The molecule has 5 aromatic rings. The van der Waals surface area contributed by atoms with E-state index in [9.17, 15) is 18.0 Å². The number of amides is 1. The van der Waals surface area contributed by atoms with E-state index in [1.807, 2.05) is 18.9 Å². The van der Waals surface area contributed by atoms with Gasteiger partial charge < -0.3 is 24.8 Å². The van der Waals surface area contributed by atoms with Crippen LogP contribution in [0.4, 0.5) is 30.4 Å². The van der Waals surface area contributed by atoms with E-state index in [-0.39, 0.29) is 28.8 Å². The number of aromatic nitrogens is 5. The fraction of sp³-hybridized carbons (Fsp3) is 0.258. The van der Waals surface area contributed by atoms with Gasteiger partial charge in [-0.25, -0.2) is 23.9 Å². The molecule has 0 saturated carbocycles. The van der Waals surface area contributed by atoms with Crippen molar-refractivity contribution >= 4 is 39.6 Å². The molecule has 2 N–H and O–H groups in total. The van der Waals surface area contributed by atoms with Crippen molar-refractivity contribution in [1.29, 1.82) is 0 Å². The van der Waals surface area contributed by atoms with Crippen molar-refractivity contribution in [3.8, 4) is 23.0 Å². The Labute approximate surface area is 260 Å². The highest BCUT2D eigenvalue weighted by molar-refractivity contribution is 6.05. The second-order valence-corrected chi connectivity index (χ2v) is 10.6. The van der Waals surface area contributed by atoms with Crippen LogP contribution >= 0.6 is 0 Å². The van der Waals surface area contributed by atoms with Gasteiger partial charge in [0.05, 0.1) is 24.0 Å². The predicted molar refractivity (Wildman–Crippen MR) is 164 cm³/mol. The number of benzene rings is 2. The van der Waals surface area contributed by atoms with Crippen LogP contribution in [0.25, 0.3) is 16.6 Å². The maximum absolute atomic E-state index is 14.9. The van der Waals surface area contributed by atoms with E-state index in [0.717, 1.165) is 18.5 Å². The molecule has 0 radical (unpaired) electrons. The van der Waals surface area contributed by atoms with Crippen LogP contribution in [0.1, 0.15) is 18.4 Å². The first-order chi connectivity index (χ1) is 22.2. The van der Waals surface area contributed by atoms with E-state index in [4.69, 9.17) is 9.47 Å². The average molecular weight is 635 g/mol. The number of pyridine rings is 1. The van der Waals surface area contributed by atoms with Crippen molar-refractivity contribution in [2.24, 2.45) is 0 Å². The number of ether oxygens (including phenoxy) is 3. The molecule has 0 bridgehead atoms. The molecule has 238 valence electrons. The maximum atomic E-state index is 14.9. The number of hydrogen-bond acceptors (Lipinski definition) is 10. The Morgan fingerprint density at radius 3 is 2.67 bits per heavy atom. The lowest BCUT2D eigenvalue weighted by Crippen LogP contribution is -2.24. The lowest BCUT2D eigenvalue weighted by molar-refractivity contribution is -0.114. The highest BCUT2D eigenvalue weighted by atomic mass is 19.3. The second-order valence-electron chi connectivity index (χ2n) is 10.6. The molecule has 0 spiro atoms. The summed E-state index contributed by atoms with van der Waals surface area (Å²) in [6.07, 6.45) is 7.22. The Hall–Kier alpha value is -5.44. The Morgan fingerprint density at radius 2 is 1.91 bits per heavy atom. The Balaban J connectivity index is 1.31. The number of alkyl halides is 2. The summed E-state index contributed by atoms with van der Waals surface area (Å²) in [4.78, 5) is 27.4. The lowest BCUT2D eigenvalue weighted by atomic mass is 10.1. The number of likely N-dealkylation sites (N-methyl/N-ethyl adjacent to an activating group) is 1. The van der Waals surface area contributed by atoms with E-state index >= 15 is 0 Å². The van der Waals surface area contributed by atoms with Crippen LogP contribution in [0.5, 0.6) is 23.0 Å². The van der Waals surface area contributed by atoms with Crippen LogP contribution in [0.2, 0.25) is 0 Å². The zero-order valence-corrected chi connectivity index (χ0v) is 25.0. The molecule has 3 aromatic heterocycles. The molecule has 6 rings (SSSR count). The number of carbonyl (C=O) groups is 1. The number of hydrogen-bond donors (Lipinski definition) is 2. The standard InChI is InChI=1S/C31H29F3N8O4/c1-17-9-23(26(44-3)14-25(17)45-19-6-8-42-28(11-19)36-16-38-42)39-29-20-12-24(27(46-31(33)34)13-22(20)35-15-37-29)40-30(43)21(32)10-18-5-4-7-41(18)2/h6,8-16,18,31H,4-5,7H2,1-3H3,(H,40,43)(H,35,37,39). The minimum atomic E-state index is -3.20. The van der Waals surface area contributed by atoms with Gasteiger partial charge in [0.2, 0.25) is 0 Å².